The number of halogens is 2. The van der Waals surface area contributed by atoms with Crippen LogP contribution >= 0.6 is 0 Å². The summed E-state index contributed by atoms with van der Waals surface area (Å²) in [6, 6.07) is 7.00. The molecule has 3 aromatic heterocycles. The number of methoxy groups -OCH3 is 1. The zero-order chi connectivity index (χ0) is 27.0. The number of hydrogen-bond donors (Lipinski definition) is 1. The summed E-state index contributed by atoms with van der Waals surface area (Å²) in [5, 5.41) is 3.15. The van der Waals surface area contributed by atoms with Crippen LogP contribution in [0.15, 0.2) is 53.8 Å². The van der Waals surface area contributed by atoms with Gasteiger partial charge in [0.05, 0.1) is 30.8 Å². The highest BCUT2D eigenvalue weighted by Gasteiger charge is 2.31. The van der Waals surface area contributed by atoms with Crippen molar-refractivity contribution in [2.24, 2.45) is 5.92 Å². The molecule has 0 spiro atoms. The highest BCUT2D eigenvalue weighted by atomic mass is 32.2. The molecule has 198 valence electrons. The predicted octanol–water partition coefficient (Wildman–Crippen LogP) is 4.46. The molecule has 0 aliphatic heterocycles. The molecular formula is C26H25F2N5O4S. The van der Waals surface area contributed by atoms with Gasteiger partial charge >= 0.3 is 5.97 Å². The first-order chi connectivity index (χ1) is 18.2. The van der Waals surface area contributed by atoms with E-state index in [2.05, 4.69) is 20.3 Å². The fraction of sp³-hybridized carbons (Fsp3) is 0.308. The van der Waals surface area contributed by atoms with Crippen LogP contribution in [-0.2, 0) is 19.6 Å². The van der Waals surface area contributed by atoms with E-state index in [1.807, 2.05) is 6.92 Å². The quantitative estimate of drug-likeness (QED) is 0.325. The number of carbonyl (C=O) groups is 1. The predicted molar refractivity (Wildman–Crippen MR) is 136 cm³/mol. The summed E-state index contributed by atoms with van der Waals surface area (Å²) < 4.78 is 61.7. The number of rotatable bonds is 8. The van der Waals surface area contributed by atoms with Gasteiger partial charge in [0.15, 0.2) is 23.1 Å². The summed E-state index contributed by atoms with van der Waals surface area (Å²) in [4.78, 5) is 24.4. The molecule has 9 nitrogen and oxygen atoms in total. The van der Waals surface area contributed by atoms with Crippen LogP contribution in [-0.4, -0.2) is 46.5 Å². The fourth-order valence-corrected chi connectivity index (χ4v) is 5.78. The molecule has 1 fully saturated rings. The Hall–Kier alpha value is -3.93. The van der Waals surface area contributed by atoms with Crippen LogP contribution in [0.25, 0.3) is 22.4 Å². The molecule has 1 aromatic carbocycles. The lowest BCUT2D eigenvalue weighted by atomic mass is 9.78. The van der Waals surface area contributed by atoms with Crippen LogP contribution < -0.4 is 5.32 Å². The van der Waals surface area contributed by atoms with Crippen LogP contribution in [0.4, 0.5) is 14.6 Å². The van der Waals surface area contributed by atoms with Gasteiger partial charge in [-0.3, -0.25) is 4.79 Å². The first kappa shape index (κ1) is 25.7. The second kappa shape index (κ2) is 10.1. The van der Waals surface area contributed by atoms with E-state index in [9.17, 15) is 22.0 Å². The van der Waals surface area contributed by atoms with Crippen molar-refractivity contribution < 1.29 is 26.7 Å². The molecule has 0 amide bonds. The van der Waals surface area contributed by atoms with Gasteiger partial charge in [-0.05, 0) is 43.9 Å². The zero-order valence-corrected chi connectivity index (χ0v) is 21.5. The van der Waals surface area contributed by atoms with E-state index in [0.29, 0.717) is 0 Å². The number of carbonyl (C=O) groups excluding carboxylic acids is 1. The molecular weight excluding hydrogens is 516 g/mol. The van der Waals surface area contributed by atoms with Crippen molar-refractivity contribution in [3.63, 3.8) is 0 Å². The van der Waals surface area contributed by atoms with Crippen molar-refractivity contribution in [2.75, 3.05) is 12.4 Å². The van der Waals surface area contributed by atoms with Crippen molar-refractivity contribution in [1.82, 2.24) is 18.9 Å². The molecule has 1 aliphatic rings. The summed E-state index contributed by atoms with van der Waals surface area (Å²) in [6.45, 7) is 1.84. The zero-order valence-electron chi connectivity index (χ0n) is 20.7. The van der Waals surface area contributed by atoms with Crippen molar-refractivity contribution in [2.45, 2.75) is 43.5 Å². The summed E-state index contributed by atoms with van der Waals surface area (Å²) in [7, 11) is -2.82. The van der Waals surface area contributed by atoms with Crippen LogP contribution in [0.5, 0.6) is 0 Å². The highest BCUT2D eigenvalue weighted by Crippen LogP contribution is 2.35. The fourth-order valence-electron chi connectivity index (χ4n) is 4.45. The number of nitrogens with zero attached hydrogens (tertiary/aromatic N) is 4. The maximum atomic E-state index is 14.8. The van der Waals surface area contributed by atoms with Gasteiger partial charge in [0.1, 0.15) is 5.82 Å². The summed E-state index contributed by atoms with van der Waals surface area (Å²) in [6.07, 6.45) is 5.92. The lowest BCUT2D eigenvalue weighted by molar-refractivity contribution is -0.141. The summed E-state index contributed by atoms with van der Waals surface area (Å²) in [5.41, 5.74) is 1.01. The van der Waals surface area contributed by atoms with Crippen molar-refractivity contribution in [3.05, 3.63) is 66.1 Å². The van der Waals surface area contributed by atoms with Crippen molar-refractivity contribution in [1.29, 1.82) is 0 Å². The molecule has 5 rings (SSSR count). The molecule has 12 heteroatoms. The monoisotopic (exact) mass is 541 g/mol. The Morgan fingerprint density at radius 3 is 2.58 bits per heavy atom. The minimum atomic E-state index is -4.11. The number of esters is 1. The molecule has 0 saturated heterocycles. The number of aryl methyl sites for hydroxylation is 1. The third-order valence-electron chi connectivity index (χ3n) is 6.80. The van der Waals surface area contributed by atoms with E-state index in [4.69, 9.17) is 4.74 Å². The summed E-state index contributed by atoms with van der Waals surface area (Å²) >= 11 is 0. The third kappa shape index (κ3) is 4.83. The molecule has 0 bridgehead atoms. The molecule has 3 heterocycles. The SMILES string of the molecule is COC(=O)CC(Nc1nc(-c2cn(S(=O)(=O)c3ccc(C)cc3)c3ncc(F)cc23)ncc1F)C1CCC1. The standard InChI is InChI=1S/C26H25F2N5O4S/c1-15-6-8-18(9-7-15)38(35,36)33-14-20(19-10-17(27)12-30-26(19)33)24-29-13-21(28)25(32-24)31-22(11-23(34)37-2)16-4-3-5-16/h6-10,12-14,16,22H,3-5,11H2,1-2H3,(H,29,31,32). The van der Waals surface area contributed by atoms with Gasteiger partial charge in [0.2, 0.25) is 0 Å². The smallest absolute Gasteiger partial charge is 0.307 e. The van der Waals surface area contributed by atoms with Crippen molar-refractivity contribution in [3.8, 4) is 11.4 Å². The molecule has 0 radical (unpaired) electrons. The second-order valence-corrected chi connectivity index (χ2v) is 11.1. The number of benzene rings is 1. The van der Waals surface area contributed by atoms with E-state index < -0.39 is 33.7 Å². The Kier molecular flexibility index (Phi) is 6.82. The number of pyridine rings is 1. The Balaban J connectivity index is 1.59. The van der Waals surface area contributed by atoms with Gasteiger partial charge in [0, 0.05) is 23.2 Å². The largest absolute Gasteiger partial charge is 0.469 e. The minimum Gasteiger partial charge on any atom is -0.469 e. The van der Waals surface area contributed by atoms with Gasteiger partial charge in [0.25, 0.3) is 10.0 Å². The minimum absolute atomic E-state index is 0.0196. The Morgan fingerprint density at radius 1 is 1.18 bits per heavy atom. The molecule has 1 aliphatic carbocycles. The highest BCUT2D eigenvalue weighted by molar-refractivity contribution is 7.90. The van der Waals surface area contributed by atoms with E-state index in [1.54, 1.807) is 12.1 Å². The van der Waals surface area contributed by atoms with E-state index in [0.717, 1.165) is 47.3 Å². The van der Waals surface area contributed by atoms with Gasteiger partial charge in [-0.15, -0.1) is 0 Å². The third-order valence-corrected chi connectivity index (χ3v) is 8.46. The second-order valence-electron chi connectivity index (χ2n) is 9.29. The van der Waals surface area contributed by atoms with Crippen LogP contribution in [0.1, 0.15) is 31.2 Å². The van der Waals surface area contributed by atoms with E-state index >= 15 is 0 Å². The number of aromatic nitrogens is 4. The van der Waals surface area contributed by atoms with E-state index in [-0.39, 0.29) is 45.5 Å². The first-order valence-electron chi connectivity index (χ1n) is 12.0. The van der Waals surface area contributed by atoms with Gasteiger partial charge in [-0.1, -0.05) is 24.1 Å². The Morgan fingerprint density at radius 2 is 1.92 bits per heavy atom. The molecule has 1 N–H and O–H groups in total. The van der Waals surface area contributed by atoms with E-state index in [1.165, 1.54) is 25.4 Å². The van der Waals surface area contributed by atoms with Crippen LogP contribution in [0.2, 0.25) is 0 Å². The van der Waals surface area contributed by atoms with Crippen LogP contribution in [0.3, 0.4) is 0 Å². The van der Waals surface area contributed by atoms with Crippen molar-refractivity contribution >= 4 is 32.8 Å². The maximum absolute atomic E-state index is 14.8. The number of anilines is 1. The first-order valence-corrected chi connectivity index (χ1v) is 13.5. The Bertz CT molecular complexity index is 1620. The lowest BCUT2D eigenvalue weighted by Gasteiger charge is -2.34. The number of nitrogens with one attached hydrogen (secondary N) is 1. The molecule has 1 atom stereocenters. The summed E-state index contributed by atoms with van der Waals surface area (Å²) in [5.74, 6) is -1.91. The van der Waals surface area contributed by atoms with Gasteiger partial charge in [-0.25, -0.2) is 36.1 Å². The Labute approximate surface area is 218 Å². The van der Waals surface area contributed by atoms with Crippen LogP contribution in [0, 0.1) is 24.5 Å². The molecule has 4 aromatic rings. The molecule has 1 unspecified atom stereocenters. The topological polar surface area (TPSA) is 116 Å². The molecule has 38 heavy (non-hydrogen) atoms. The molecule has 1 saturated carbocycles. The normalized spacial score (nSPS) is 14.7. The lowest BCUT2D eigenvalue weighted by Crippen LogP contribution is -2.36. The maximum Gasteiger partial charge on any atom is 0.307 e. The average Bonchev–Trinajstić information content (AvgIpc) is 3.24. The average molecular weight is 542 g/mol. The van der Waals surface area contributed by atoms with Gasteiger partial charge < -0.3 is 10.1 Å². The van der Waals surface area contributed by atoms with Gasteiger partial charge in [-0.2, -0.15) is 0 Å². The number of hydrogen-bond acceptors (Lipinski definition) is 8. The number of fused-ring (bicyclic) bond motifs is 1. The number of ether oxygens (including phenoxy) is 1.